The number of aromatic nitrogens is 1. The number of hydrogen-bond donors (Lipinski definition) is 2. The van der Waals surface area contributed by atoms with Crippen LogP contribution in [0.1, 0.15) is 35.8 Å². The van der Waals surface area contributed by atoms with Crippen LogP contribution in [-0.2, 0) is 11.0 Å². The molecule has 0 amide bonds. The average Bonchev–Trinajstić information content (AvgIpc) is 3.14. The number of allylic oxidation sites excluding steroid dienone is 1. The largest absolute Gasteiger partial charge is 0.476 e. The number of nitrogens with two attached hydrogens (primary N) is 1. The number of halogens is 4. The van der Waals surface area contributed by atoms with Gasteiger partial charge in [-0.3, -0.25) is 0 Å². The molecule has 0 radical (unpaired) electrons. The van der Waals surface area contributed by atoms with Gasteiger partial charge in [-0.15, -0.1) is 11.8 Å². The summed E-state index contributed by atoms with van der Waals surface area (Å²) in [6.07, 6.45) is -4.46. The first kappa shape index (κ1) is 24.0. The van der Waals surface area contributed by atoms with Crippen molar-refractivity contribution in [2.75, 3.05) is 0 Å². The predicted octanol–water partition coefficient (Wildman–Crippen LogP) is 6.68. The summed E-state index contributed by atoms with van der Waals surface area (Å²) >= 11 is 2.46. The highest BCUT2D eigenvalue weighted by Gasteiger charge is 2.34. The topological polar surface area (TPSA) is 88.6 Å². The van der Waals surface area contributed by atoms with Crippen molar-refractivity contribution in [1.29, 1.82) is 0 Å². The maximum absolute atomic E-state index is 13.8. The summed E-state index contributed by atoms with van der Waals surface area (Å²) in [5.74, 6) is -1.95. The number of fused-ring (bicyclic) bond motifs is 3. The zero-order chi connectivity index (χ0) is 24.8. The number of thioether (sulfide) groups is 1. The Balaban J connectivity index is 1.82. The molecule has 4 rings (SSSR count). The number of thiazole rings is 1. The Morgan fingerprint density at radius 3 is 2.56 bits per heavy atom. The molecule has 0 saturated carbocycles. The molecule has 0 spiro atoms. The normalized spacial score (nSPS) is 16.5. The number of nitrogens with zero attached hydrogens (tertiary/aromatic N) is 2. The lowest BCUT2D eigenvalue weighted by molar-refractivity contribution is -0.137. The van der Waals surface area contributed by atoms with E-state index in [1.807, 2.05) is 0 Å². The summed E-state index contributed by atoms with van der Waals surface area (Å²) in [4.78, 5) is 20.7. The van der Waals surface area contributed by atoms with Crippen LogP contribution >= 0.6 is 23.1 Å². The van der Waals surface area contributed by atoms with E-state index in [0.29, 0.717) is 21.0 Å². The summed E-state index contributed by atoms with van der Waals surface area (Å²) in [6, 6.07) is 8.82. The number of carboxylic acids is 1. The van der Waals surface area contributed by atoms with Gasteiger partial charge in [0.05, 0.1) is 15.5 Å². The van der Waals surface area contributed by atoms with E-state index < -0.39 is 29.2 Å². The zero-order valence-corrected chi connectivity index (χ0v) is 19.4. The number of aliphatic carboxylic acids is 1. The highest BCUT2D eigenvalue weighted by molar-refractivity contribution is 8.01. The van der Waals surface area contributed by atoms with Gasteiger partial charge in [-0.25, -0.2) is 19.2 Å². The molecule has 1 aliphatic rings. The maximum Gasteiger partial charge on any atom is 0.416 e. The van der Waals surface area contributed by atoms with E-state index >= 15 is 0 Å². The first-order valence-corrected chi connectivity index (χ1v) is 11.6. The lowest BCUT2D eigenvalue weighted by Gasteiger charge is -2.22. The second-order valence-electron chi connectivity index (χ2n) is 7.53. The Morgan fingerprint density at radius 2 is 1.94 bits per heavy atom. The number of rotatable bonds is 4. The Morgan fingerprint density at radius 1 is 1.21 bits per heavy atom. The van der Waals surface area contributed by atoms with E-state index in [-0.39, 0.29) is 27.2 Å². The van der Waals surface area contributed by atoms with E-state index in [2.05, 4.69) is 9.98 Å². The molecule has 3 N–H and O–H groups in total. The maximum atomic E-state index is 13.8. The van der Waals surface area contributed by atoms with Gasteiger partial charge in [0.15, 0.2) is 5.71 Å². The fraction of sp³-hybridized carbons (Fsp3) is 0.174. The van der Waals surface area contributed by atoms with Crippen LogP contribution in [0.15, 0.2) is 57.4 Å². The molecule has 0 fully saturated rings. The van der Waals surface area contributed by atoms with Gasteiger partial charge in [0.2, 0.25) is 5.13 Å². The van der Waals surface area contributed by atoms with E-state index in [1.54, 1.807) is 6.92 Å². The van der Waals surface area contributed by atoms with Crippen molar-refractivity contribution in [2.24, 2.45) is 10.7 Å². The van der Waals surface area contributed by atoms with Crippen LogP contribution in [0, 0.1) is 5.82 Å². The minimum Gasteiger partial charge on any atom is -0.476 e. The molecule has 1 atom stereocenters. The minimum atomic E-state index is -4.46. The predicted molar refractivity (Wildman–Crippen MR) is 125 cm³/mol. The van der Waals surface area contributed by atoms with Crippen LogP contribution in [0.5, 0.6) is 0 Å². The van der Waals surface area contributed by atoms with Gasteiger partial charge in [0, 0.05) is 22.1 Å². The fourth-order valence-electron chi connectivity index (χ4n) is 3.61. The highest BCUT2D eigenvalue weighted by atomic mass is 32.2. The van der Waals surface area contributed by atoms with Crippen molar-refractivity contribution < 1.29 is 27.5 Å². The van der Waals surface area contributed by atoms with Crippen molar-refractivity contribution in [1.82, 2.24) is 4.98 Å². The molecule has 34 heavy (non-hydrogen) atoms. The standard InChI is InChI=1S/C23H17F4N3O2S2/c1-10(28)17(12-4-3-5-14(24)8-12)19(20(31)32)30-22-29-18-15-7-6-13(23(25,26)27)9-16(15)11(2)33-21(18)34-22/h3-9,11H,28H2,1-2H3,(H,31,32). The number of alkyl halides is 3. The van der Waals surface area contributed by atoms with Gasteiger partial charge in [-0.1, -0.05) is 29.5 Å². The monoisotopic (exact) mass is 507 g/mol. The van der Waals surface area contributed by atoms with Crippen molar-refractivity contribution in [3.8, 4) is 11.3 Å². The molecule has 0 saturated heterocycles. The van der Waals surface area contributed by atoms with Crippen molar-refractivity contribution >= 4 is 45.5 Å². The molecule has 0 bridgehead atoms. The van der Waals surface area contributed by atoms with E-state index in [0.717, 1.165) is 29.5 Å². The molecular weight excluding hydrogens is 490 g/mol. The molecule has 0 aliphatic carbocycles. The number of aliphatic imine (C=N–C) groups is 1. The SMILES string of the molecule is CC(N)=C(C(=Nc1nc2c(s1)SC(C)c1cc(C(F)(F)F)ccc1-2)C(=O)O)c1cccc(F)c1. The third-order valence-corrected chi connectivity index (χ3v) is 7.39. The molecule has 1 aromatic heterocycles. The second kappa shape index (κ2) is 8.88. The van der Waals surface area contributed by atoms with Crippen LogP contribution < -0.4 is 5.73 Å². The molecule has 2 aromatic carbocycles. The van der Waals surface area contributed by atoms with Crippen molar-refractivity contribution in [3.63, 3.8) is 0 Å². The number of carboxylic acid groups (broad SMARTS) is 1. The Kier molecular flexibility index (Phi) is 6.26. The molecule has 1 aliphatic heterocycles. The smallest absolute Gasteiger partial charge is 0.416 e. The first-order chi connectivity index (χ1) is 16.0. The van der Waals surface area contributed by atoms with Crippen molar-refractivity contribution in [3.05, 3.63) is 70.7 Å². The molecule has 5 nitrogen and oxygen atoms in total. The Bertz CT molecular complexity index is 1360. The van der Waals surface area contributed by atoms with Gasteiger partial charge in [-0.2, -0.15) is 13.2 Å². The molecular formula is C23H17F4N3O2S2. The zero-order valence-electron chi connectivity index (χ0n) is 17.8. The summed E-state index contributed by atoms with van der Waals surface area (Å²) < 4.78 is 54.0. The minimum absolute atomic E-state index is 0.0522. The van der Waals surface area contributed by atoms with Gasteiger partial charge < -0.3 is 10.8 Å². The van der Waals surface area contributed by atoms with Crippen LogP contribution in [0.4, 0.5) is 22.7 Å². The highest BCUT2D eigenvalue weighted by Crippen LogP contribution is 2.53. The molecule has 11 heteroatoms. The summed E-state index contributed by atoms with van der Waals surface area (Å²) in [6.45, 7) is 3.28. The molecule has 3 aromatic rings. The third-order valence-electron chi connectivity index (χ3n) is 5.10. The molecule has 2 heterocycles. The third kappa shape index (κ3) is 4.58. The average molecular weight is 508 g/mol. The van der Waals surface area contributed by atoms with Crippen LogP contribution in [0.25, 0.3) is 16.8 Å². The Labute approximate surface area is 200 Å². The summed E-state index contributed by atoms with van der Waals surface area (Å²) in [7, 11) is 0. The number of benzene rings is 2. The van der Waals surface area contributed by atoms with Gasteiger partial charge in [0.1, 0.15) is 5.82 Å². The van der Waals surface area contributed by atoms with E-state index in [9.17, 15) is 27.5 Å². The van der Waals surface area contributed by atoms with Crippen molar-refractivity contribution in [2.45, 2.75) is 29.5 Å². The second-order valence-corrected chi connectivity index (χ2v) is 10.1. The van der Waals surface area contributed by atoms with Crippen LogP contribution in [0.3, 0.4) is 0 Å². The first-order valence-electron chi connectivity index (χ1n) is 9.89. The Hall–Kier alpha value is -3.18. The number of carbonyl (C=O) groups is 1. The number of hydrogen-bond acceptors (Lipinski definition) is 6. The summed E-state index contributed by atoms with van der Waals surface area (Å²) in [5, 5.41) is 9.68. The lowest BCUT2D eigenvalue weighted by Crippen LogP contribution is -2.18. The van der Waals surface area contributed by atoms with Gasteiger partial charge in [0.25, 0.3) is 0 Å². The molecule has 1 unspecified atom stereocenters. The molecule has 176 valence electrons. The fourth-order valence-corrected chi connectivity index (χ4v) is 6.06. The van der Waals surface area contributed by atoms with Crippen LogP contribution in [0.2, 0.25) is 0 Å². The lowest BCUT2D eigenvalue weighted by atomic mass is 9.99. The van der Waals surface area contributed by atoms with Gasteiger partial charge in [-0.05, 0) is 49.2 Å². The summed E-state index contributed by atoms with van der Waals surface area (Å²) in [5.41, 5.74) is 6.68. The van der Waals surface area contributed by atoms with E-state index in [4.69, 9.17) is 5.73 Å². The van der Waals surface area contributed by atoms with Crippen LogP contribution in [-0.4, -0.2) is 21.8 Å². The van der Waals surface area contributed by atoms with E-state index in [1.165, 1.54) is 43.0 Å². The quantitative estimate of drug-likeness (QED) is 0.304. The van der Waals surface area contributed by atoms with Gasteiger partial charge >= 0.3 is 12.1 Å².